The highest BCUT2D eigenvalue weighted by atomic mass is 16.5. The Hall–Kier alpha value is -1.65. The van der Waals surface area contributed by atoms with Gasteiger partial charge in [-0.3, -0.25) is 14.4 Å². The second-order valence-electron chi connectivity index (χ2n) is 10.6. The molecule has 0 N–H and O–H groups in total. The number of hydrogen-bond acceptors (Lipinski definition) is 5. The molecule has 5 heteroatoms. The average Bonchev–Trinajstić information content (AvgIpc) is 3.10. The van der Waals surface area contributed by atoms with E-state index in [4.69, 9.17) is 9.47 Å². The van der Waals surface area contributed by atoms with Crippen molar-refractivity contribution in [1.82, 2.24) is 0 Å². The third-order valence-corrected chi connectivity index (χ3v) is 9.40. The van der Waals surface area contributed by atoms with Crippen LogP contribution in [-0.4, -0.2) is 30.4 Å². The van der Waals surface area contributed by atoms with Crippen molar-refractivity contribution in [3.8, 4) is 0 Å². The molecule has 0 saturated heterocycles. The summed E-state index contributed by atoms with van der Waals surface area (Å²) in [5, 5.41) is 0. The van der Waals surface area contributed by atoms with Gasteiger partial charge in [-0.2, -0.15) is 0 Å². The van der Waals surface area contributed by atoms with Gasteiger partial charge >= 0.3 is 11.9 Å². The van der Waals surface area contributed by atoms with Gasteiger partial charge in [-0.05, 0) is 75.2 Å². The SMILES string of the molecule is CCC(=O)OC[C@]12CCC(=O)C(C)=C1CC[C@@H]1[C@@H]2CC[C@]2(C)[C@@H](OC(=O)CC)CC[C@@H]12. The Kier molecular flexibility index (Phi) is 6.08. The molecule has 0 amide bonds. The number of carbonyl (C=O) groups excluding carboxylic acids is 3. The number of hydrogen-bond donors (Lipinski definition) is 0. The Bertz CT molecular complexity index is 798. The van der Waals surface area contributed by atoms with Gasteiger partial charge in [-0.1, -0.05) is 26.3 Å². The van der Waals surface area contributed by atoms with Crippen LogP contribution >= 0.6 is 0 Å². The molecule has 0 unspecified atom stereocenters. The fourth-order valence-corrected chi connectivity index (χ4v) is 7.71. The zero-order chi connectivity index (χ0) is 22.4. The Balaban J connectivity index is 1.65. The monoisotopic (exact) mass is 430 g/mol. The predicted molar refractivity (Wildman–Crippen MR) is 117 cm³/mol. The van der Waals surface area contributed by atoms with Crippen molar-refractivity contribution >= 4 is 17.7 Å². The lowest BCUT2D eigenvalue weighted by molar-refractivity contribution is -0.162. The molecule has 3 fully saturated rings. The van der Waals surface area contributed by atoms with Gasteiger partial charge in [-0.25, -0.2) is 0 Å². The third-order valence-electron chi connectivity index (χ3n) is 9.40. The van der Waals surface area contributed by atoms with Crippen LogP contribution in [-0.2, 0) is 23.9 Å². The number of carbonyl (C=O) groups is 3. The number of ketones is 1. The number of esters is 2. The molecule has 6 atom stereocenters. The van der Waals surface area contributed by atoms with Crippen LogP contribution in [0.15, 0.2) is 11.1 Å². The molecular formula is C26H38O5. The molecular weight excluding hydrogens is 392 g/mol. The molecule has 0 aromatic heterocycles. The molecule has 0 radical (unpaired) electrons. The maximum atomic E-state index is 12.5. The van der Waals surface area contributed by atoms with Gasteiger partial charge in [0.05, 0.1) is 0 Å². The minimum Gasteiger partial charge on any atom is -0.465 e. The first-order chi connectivity index (χ1) is 14.8. The zero-order valence-electron chi connectivity index (χ0n) is 19.6. The summed E-state index contributed by atoms with van der Waals surface area (Å²) in [5.41, 5.74) is 2.04. The summed E-state index contributed by atoms with van der Waals surface area (Å²) in [6.07, 6.45) is 8.33. The number of Topliss-reactive ketones (excluding diaryl/α,β-unsaturated/α-hetero) is 1. The molecule has 0 spiro atoms. The number of ether oxygens (including phenoxy) is 2. The second-order valence-corrected chi connectivity index (χ2v) is 10.6. The summed E-state index contributed by atoms with van der Waals surface area (Å²) in [7, 11) is 0. The second kappa shape index (κ2) is 8.37. The Morgan fingerprint density at radius 1 is 0.968 bits per heavy atom. The Labute approximate surface area is 186 Å². The van der Waals surface area contributed by atoms with Gasteiger partial charge in [0.25, 0.3) is 0 Å². The first kappa shape index (κ1) is 22.5. The van der Waals surface area contributed by atoms with Gasteiger partial charge in [0.15, 0.2) is 5.78 Å². The molecule has 0 aromatic rings. The molecule has 4 aliphatic rings. The van der Waals surface area contributed by atoms with Crippen molar-refractivity contribution in [3.63, 3.8) is 0 Å². The topological polar surface area (TPSA) is 69.7 Å². The largest absolute Gasteiger partial charge is 0.465 e. The molecule has 172 valence electrons. The van der Waals surface area contributed by atoms with Crippen LogP contribution in [0.2, 0.25) is 0 Å². The summed E-state index contributed by atoms with van der Waals surface area (Å²) in [6, 6.07) is 0. The third kappa shape index (κ3) is 3.56. The fraction of sp³-hybridized carbons (Fsp3) is 0.808. The van der Waals surface area contributed by atoms with Crippen molar-refractivity contribution in [3.05, 3.63) is 11.1 Å². The van der Waals surface area contributed by atoms with Crippen LogP contribution < -0.4 is 0 Å². The van der Waals surface area contributed by atoms with E-state index in [1.807, 2.05) is 20.8 Å². The zero-order valence-corrected chi connectivity index (χ0v) is 19.6. The predicted octanol–water partition coefficient (Wildman–Crippen LogP) is 5.16. The summed E-state index contributed by atoms with van der Waals surface area (Å²) >= 11 is 0. The van der Waals surface area contributed by atoms with Crippen molar-refractivity contribution in [1.29, 1.82) is 0 Å². The lowest BCUT2D eigenvalue weighted by atomic mass is 9.46. The van der Waals surface area contributed by atoms with E-state index < -0.39 is 0 Å². The number of rotatable bonds is 5. The number of fused-ring (bicyclic) bond motifs is 5. The van der Waals surface area contributed by atoms with E-state index >= 15 is 0 Å². The lowest BCUT2D eigenvalue weighted by Gasteiger charge is -2.58. The van der Waals surface area contributed by atoms with E-state index in [0.717, 1.165) is 50.5 Å². The van der Waals surface area contributed by atoms with Gasteiger partial charge in [0.1, 0.15) is 12.7 Å². The standard InChI is InChI=1S/C26H38O5/c1-5-23(28)30-15-26-14-12-21(27)16(3)18(26)8-7-17-19-9-10-22(31-24(29)6-2)25(19,4)13-11-20(17)26/h17,19-20,22H,5-15H2,1-4H3/t17-,19-,20-,22-,25-,26+/m0/s1. The molecule has 5 nitrogen and oxygen atoms in total. The van der Waals surface area contributed by atoms with Crippen LogP contribution in [0.3, 0.4) is 0 Å². The summed E-state index contributed by atoms with van der Waals surface area (Å²) < 4.78 is 11.7. The smallest absolute Gasteiger partial charge is 0.305 e. The molecule has 3 saturated carbocycles. The average molecular weight is 431 g/mol. The van der Waals surface area contributed by atoms with Crippen LogP contribution in [0.25, 0.3) is 0 Å². The van der Waals surface area contributed by atoms with E-state index in [-0.39, 0.29) is 34.7 Å². The summed E-state index contributed by atoms with van der Waals surface area (Å²) in [4.78, 5) is 36.7. The van der Waals surface area contributed by atoms with Crippen molar-refractivity contribution in [2.45, 2.75) is 98.0 Å². The summed E-state index contributed by atoms with van der Waals surface area (Å²) in [5.74, 6) is 1.51. The van der Waals surface area contributed by atoms with Crippen LogP contribution in [0, 0.1) is 28.6 Å². The molecule has 0 aliphatic heterocycles. The first-order valence-electron chi connectivity index (χ1n) is 12.3. The van der Waals surface area contributed by atoms with Crippen LogP contribution in [0.1, 0.15) is 91.9 Å². The lowest BCUT2D eigenvalue weighted by Crippen LogP contribution is -2.54. The Morgan fingerprint density at radius 3 is 2.42 bits per heavy atom. The van der Waals surface area contributed by atoms with Crippen molar-refractivity contribution in [2.24, 2.45) is 28.6 Å². The maximum Gasteiger partial charge on any atom is 0.305 e. The molecule has 0 heterocycles. The Morgan fingerprint density at radius 2 is 1.71 bits per heavy atom. The van der Waals surface area contributed by atoms with Crippen molar-refractivity contribution < 1.29 is 23.9 Å². The normalized spacial score (nSPS) is 39.4. The first-order valence-corrected chi connectivity index (χ1v) is 12.3. The fourth-order valence-electron chi connectivity index (χ4n) is 7.71. The highest BCUT2D eigenvalue weighted by Gasteiger charge is 2.61. The quantitative estimate of drug-likeness (QED) is 0.563. The van der Waals surface area contributed by atoms with E-state index in [9.17, 15) is 14.4 Å². The molecule has 0 aromatic carbocycles. The van der Waals surface area contributed by atoms with Crippen LogP contribution in [0.5, 0.6) is 0 Å². The van der Waals surface area contributed by atoms with Crippen molar-refractivity contribution in [2.75, 3.05) is 6.61 Å². The minimum atomic E-state index is -0.189. The molecule has 4 rings (SSSR count). The van der Waals surface area contributed by atoms with E-state index in [2.05, 4.69) is 6.92 Å². The van der Waals surface area contributed by atoms with Gasteiger partial charge in [0, 0.05) is 30.1 Å². The maximum absolute atomic E-state index is 12.5. The van der Waals surface area contributed by atoms with Gasteiger partial charge in [0.2, 0.25) is 0 Å². The minimum absolute atomic E-state index is 0.0198. The van der Waals surface area contributed by atoms with E-state index in [1.165, 1.54) is 5.57 Å². The van der Waals surface area contributed by atoms with E-state index in [0.29, 0.717) is 43.6 Å². The van der Waals surface area contributed by atoms with Crippen LogP contribution in [0.4, 0.5) is 0 Å². The molecule has 4 aliphatic carbocycles. The highest BCUT2D eigenvalue weighted by molar-refractivity contribution is 5.96. The summed E-state index contributed by atoms with van der Waals surface area (Å²) in [6.45, 7) is 8.42. The molecule has 0 bridgehead atoms. The van der Waals surface area contributed by atoms with E-state index in [1.54, 1.807) is 0 Å². The molecule has 31 heavy (non-hydrogen) atoms. The van der Waals surface area contributed by atoms with Gasteiger partial charge < -0.3 is 9.47 Å². The highest BCUT2D eigenvalue weighted by Crippen LogP contribution is 2.66. The van der Waals surface area contributed by atoms with Gasteiger partial charge in [-0.15, -0.1) is 0 Å².